The Hall–Kier alpha value is -3.63. The molecule has 1 saturated heterocycles. The van der Waals surface area contributed by atoms with E-state index >= 15 is 0 Å². The van der Waals surface area contributed by atoms with E-state index in [0.29, 0.717) is 48.4 Å². The van der Waals surface area contributed by atoms with Crippen LogP contribution in [-0.4, -0.2) is 62.9 Å². The van der Waals surface area contributed by atoms with E-state index in [1.165, 1.54) is 12.1 Å². The Labute approximate surface area is 190 Å². The van der Waals surface area contributed by atoms with E-state index in [0.717, 1.165) is 29.8 Å². The second-order valence-corrected chi connectivity index (χ2v) is 7.90. The first-order valence-corrected chi connectivity index (χ1v) is 10.7. The molecule has 0 spiro atoms. The Kier molecular flexibility index (Phi) is 5.61. The number of hydrogen-bond donors (Lipinski definition) is 1. The van der Waals surface area contributed by atoms with Crippen molar-refractivity contribution in [2.24, 2.45) is 0 Å². The van der Waals surface area contributed by atoms with Crippen LogP contribution in [0.5, 0.6) is 5.88 Å². The number of hydrogen-bond acceptors (Lipinski definition) is 8. The van der Waals surface area contributed by atoms with Crippen LogP contribution in [0.2, 0.25) is 0 Å². The molecule has 1 fully saturated rings. The van der Waals surface area contributed by atoms with E-state index < -0.39 is 0 Å². The molecule has 1 aliphatic heterocycles. The number of methoxy groups -OCH3 is 1. The molecule has 0 unspecified atom stereocenters. The van der Waals surface area contributed by atoms with Crippen LogP contribution < -0.4 is 10.5 Å². The maximum atomic E-state index is 13.6. The number of anilines is 1. The highest BCUT2D eigenvalue weighted by Gasteiger charge is 2.22. The van der Waals surface area contributed by atoms with E-state index in [1.807, 2.05) is 13.0 Å². The number of halogens is 1. The molecule has 0 aliphatic carbocycles. The van der Waals surface area contributed by atoms with Crippen molar-refractivity contribution in [3.63, 3.8) is 0 Å². The molecule has 33 heavy (non-hydrogen) atoms. The lowest BCUT2D eigenvalue weighted by Crippen LogP contribution is -2.35. The Bertz CT molecular complexity index is 1300. The maximum absolute atomic E-state index is 13.6. The first-order valence-electron chi connectivity index (χ1n) is 10.7. The average molecular weight is 449 g/mol. The standard InChI is InChI=1S/C23H24FN7O2/c1-14-11-16(12-26-22(14)32-2)19-20(15-3-5-17(24)6-4-15)28-23(25)31-21(19)27-18(29-31)13-30-7-9-33-10-8-30/h3-6,11-12H,7-10,13H2,1-2H3,(H2,25,28). The lowest BCUT2D eigenvalue weighted by Gasteiger charge is -2.25. The number of fused-ring (bicyclic) bond motifs is 1. The van der Waals surface area contributed by atoms with Crippen molar-refractivity contribution in [3.05, 3.63) is 53.7 Å². The molecule has 0 saturated carbocycles. The molecular formula is C23H24FN7O2. The number of aromatic nitrogens is 5. The van der Waals surface area contributed by atoms with Crippen molar-refractivity contribution in [2.45, 2.75) is 13.5 Å². The Balaban J connectivity index is 1.70. The fourth-order valence-electron chi connectivity index (χ4n) is 4.02. The molecule has 0 radical (unpaired) electrons. The number of benzene rings is 1. The molecule has 9 nitrogen and oxygen atoms in total. The molecule has 4 heterocycles. The Morgan fingerprint density at radius 3 is 2.58 bits per heavy atom. The molecular weight excluding hydrogens is 425 g/mol. The second kappa shape index (κ2) is 8.72. The molecule has 4 aromatic rings. The van der Waals surface area contributed by atoms with Crippen molar-refractivity contribution < 1.29 is 13.9 Å². The van der Waals surface area contributed by atoms with Crippen LogP contribution in [0.4, 0.5) is 10.3 Å². The van der Waals surface area contributed by atoms with E-state index in [9.17, 15) is 4.39 Å². The van der Waals surface area contributed by atoms with Gasteiger partial charge in [0.1, 0.15) is 5.82 Å². The molecule has 10 heteroatoms. The average Bonchev–Trinajstić information content (AvgIpc) is 3.24. The fourth-order valence-corrected chi connectivity index (χ4v) is 4.02. The maximum Gasteiger partial charge on any atom is 0.223 e. The molecule has 0 amide bonds. The van der Waals surface area contributed by atoms with Gasteiger partial charge in [-0.1, -0.05) is 0 Å². The topological polar surface area (TPSA) is 104 Å². The van der Waals surface area contributed by atoms with Gasteiger partial charge in [0.25, 0.3) is 0 Å². The molecule has 170 valence electrons. The van der Waals surface area contributed by atoms with Crippen LogP contribution in [0, 0.1) is 12.7 Å². The van der Waals surface area contributed by atoms with Crippen LogP contribution in [0.1, 0.15) is 11.4 Å². The Morgan fingerprint density at radius 2 is 1.88 bits per heavy atom. The molecule has 2 N–H and O–H groups in total. The van der Waals surface area contributed by atoms with Gasteiger partial charge in [0.05, 0.1) is 38.1 Å². The van der Waals surface area contributed by atoms with Gasteiger partial charge < -0.3 is 15.2 Å². The third-order valence-electron chi connectivity index (χ3n) is 5.65. The lowest BCUT2D eigenvalue weighted by atomic mass is 10.0. The number of pyridine rings is 1. The third-order valence-corrected chi connectivity index (χ3v) is 5.65. The minimum atomic E-state index is -0.327. The summed E-state index contributed by atoms with van der Waals surface area (Å²) in [5.41, 5.74) is 10.5. The van der Waals surface area contributed by atoms with Gasteiger partial charge in [-0.3, -0.25) is 4.90 Å². The summed E-state index contributed by atoms with van der Waals surface area (Å²) in [6, 6.07) is 8.10. The van der Waals surface area contributed by atoms with E-state index in [2.05, 4.69) is 20.0 Å². The summed E-state index contributed by atoms with van der Waals surface area (Å²) >= 11 is 0. The number of ether oxygens (including phenoxy) is 2. The normalized spacial score (nSPS) is 14.6. The van der Waals surface area contributed by atoms with Crippen LogP contribution in [-0.2, 0) is 11.3 Å². The molecule has 5 rings (SSSR count). The van der Waals surface area contributed by atoms with E-state index in [1.54, 1.807) is 30.0 Å². The summed E-state index contributed by atoms with van der Waals surface area (Å²) in [6.07, 6.45) is 1.71. The van der Waals surface area contributed by atoms with Gasteiger partial charge in [0.15, 0.2) is 11.5 Å². The fraction of sp³-hybridized carbons (Fsp3) is 0.304. The Morgan fingerprint density at radius 1 is 1.12 bits per heavy atom. The number of nitrogens with zero attached hydrogens (tertiary/aromatic N) is 6. The highest BCUT2D eigenvalue weighted by Crippen LogP contribution is 2.36. The molecule has 0 atom stereocenters. The minimum Gasteiger partial charge on any atom is -0.481 e. The highest BCUT2D eigenvalue weighted by molar-refractivity contribution is 5.90. The first kappa shape index (κ1) is 21.2. The van der Waals surface area contributed by atoms with Crippen molar-refractivity contribution in [1.82, 2.24) is 29.5 Å². The molecule has 0 bridgehead atoms. The summed E-state index contributed by atoms with van der Waals surface area (Å²) in [4.78, 5) is 16.1. The van der Waals surface area contributed by atoms with Crippen molar-refractivity contribution in [1.29, 1.82) is 0 Å². The zero-order valence-electron chi connectivity index (χ0n) is 18.5. The zero-order chi connectivity index (χ0) is 22.9. The summed E-state index contributed by atoms with van der Waals surface area (Å²) in [7, 11) is 1.58. The zero-order valence-corrected chi connectivity index (χ0v) is 18.5. The summed E-state index contributed by atoms with van der Waals surface area (Å²) in [6.45, 7) is 5.51. The van der Waals surface area contributed by atoms with Gasteiger partial charge in [-0.15, -0.1) is 5.10 Å². The first-order chi connectivity index (χ1) is 16.0. The van der Waals surface area contributed by atoms with E-state index in [4.69, 9.17) is 20.2 Å². The number of morpholine rings is 1. The van der Waals surface area contributed by atoms with Crippen molar-refractivity contribution in [2.75, 3.05) is 39.1 Å². The molecule has 1 aromatic carbocycles. The smallest absolute Gasteiger partial charge is 0.223 e. The van der Waals surface area contributed by atoms with Crippen LogP contribution in [0.15, 0.2) is 36.5 Å². The van der Waals surface area contributed by atoms with E-state index in [-0.39, 0.29) is 11.8 Å². The van der Waals surface area contributed by atoms with Gasteiger partial charge in [0, 0.05) is 36.0 Å². The van der Waals surface area contributed by atoms with Gasteiger partial charge in [-0.05, 0) is 37.3 Å². The largest absolute Gasteiger partial charge is 0.481 e. The van der Waals surface area contributed by atoms with Crippen LogP contribution in [0.3, 0.4) is 0 Å². The SMILES string of the molecule is COc1ncc(-c2c(-c3ccc(F)cc3)nc(N)n3nc(CN4CCOCC4)nc23)cc1C. The van der Waals surface area contributed by atoms with Crippen LogP contribution >= 0.6 is 0 Å². The number of nitrogen functional groups attached to an aromatic ring is 1. The number of rotatable bonds is 5. The monoisotopic (exact) mass is 449 g/mol. The molecule has 1 aliphatic rings. The molecule has 3 aromatic heterocycles. The van der Waals surface area contributed by atoms with Crippen LogP contribution in [0.25, 0.3) is 28.0 Å². The third kappa shape index (κ3) is 4.10. The predicted molar refractivity (Wildman–Crippen MR) is 121 cm³/mol. The van der Waals surface area contributed by atoms with Crippen molar-refractivity contribution in [3.8, 4) is 28.3 Å². The summed E-state index contributed by atoms with van der Waals surface area (Å²) < 4.78 is 25.9. The minimum absolute atomic E-state index is 0.201. The van der Waals surface area contributed by atoms with Gasteiger partial charge in [-0.2, -0.15) is 4.52 Å². The summed E-state index contributed by atoms with van der Waals surface area (Å²) in [5, 5.41) is 4.63. The van der Waals surface area contributed by atoms with Crippen molar-refractivity contribution >= 4 is 11.6 Å². The quantitative estimate of drug-likeness (QED) is 0.496. The number of nitrogens with two attached hydrogens (primary N) is 1. The highest BCUT2D eigenvalue weighted by atomic mass is 19.1. The van der Waals surface area contributed by atoms with Gasteiger partial charge in [-0.25, -0.2) is 19.3 Å². The number of aryl methyl sites for hydroxylation is 1. The second-order valence-electron chi connectivity index (χ2n) is 7.90. The van der Waals surface area contributed by atoms with Gasteiger partial charge in [0.2, 0.25) is 11.8 Å². The lowest BCUT2D eigenvalue weighted by molar-refractivity contribution is 0.0331. The predicted octanol–water partition coefficient (Wildman–Crippen LogP) is 2.72. The summed E-state index contributed by atoms with van der Waals surface area (Å²) in [5.74, 6) is 1.05. The van der Waals surface area contributed by atoms with Gasteiger partial charge >= 0.3 is 0 Å².